The molecule has 2 heterocycles. The minimum atomic E-state index is -1.22. The molecule has 1 amide bonds. The maximum Gasteiger partial charge on any atom is 0.341 e. The van der Waals surface area contributed by atoms with Crippen LogP contribution in [0.5, 0.6) is 0 Å². The van der Waals surface area contributed by atoms with Crippen molar-refractivity contribution in [1.29, 1.82) is 0 Å². The summed E-state index contributed by atoms with van der Waals surface area (Å²) in [6.45, 7) is 1.11. The average molecular weight is 509 g/mol. The minimum Gasteiger partial charge on any atom is -0.480 e. The largest absolute Gasteiger partial charge is 0.480 e. The minimum absolute atomic E-state index is 0.0310. The van der Waals surface area contributed by atoms with Gasteiger partial charge in [0, 0.05) is 11.1 Å². The van der Waals surface area contributed by atoms with Crippen LogP contribution in [-0.2, 0) is 19.1 Å². The number of carboxylic acid groups (broad SMARTS) is 1. The summed E-state index contributed by atoms with van der Waals surface area (Å²) < 4.78 is 5.14. The van der Waals surface area contributed by atoms with Gasteiger partial charge in [-0.1, -0.05) is 42.2 Å². The second-order valence-electron chi connectivity index (χ2n) is 6.06. The number of rotatable bonds is 7. The Labute approximate surface area is 201 Å². The summed E-state index contributed by atoms with van der Waals surface area (Å²) in [5.41, 5.74) is 0.897. The second-order valence-corrected chi connectivity index (χ2v) is 8.97. The number of carboxylic acids is 1. The molecule has 13 heteroatoms. The fraction of sp³-hybridized carbons (Fsp3) is 0.158. The number of ether oxygens (including phenoxy) is 1. The van der Waals surface area contributed by atoms with E-state index < -0.39 is 24.4 Å². The molecule has 2 aromatic rings. The normalized spacial score (nSPS) is 14.8. The van der Waals surface area contributed by atoms with Crippen molar-refractivity contribution in [3.8, 4) is 0 Å². The van der Waals surface area contributed by atoms with Gasteiger partial charge in [0.15, 0.2) is 10.2 Å². The molecular formula is C19H16N4O5S4. The Morgan fingerprint density at radius 3 is 2.62 bits per heavy atom. The van der Waals surface area contributed by atoms with E-state index >= 15 is 0 Å². The number of thiocarbonyl (C=S) groups is 2. The van der Waals surface area contributed by atoms with E-state index in [4.69, 9.17) is 34.3 Å². The van der Waals surface area contributed by atoms with E-state index in [0.717, 1.165) is 22.3 Å². The Morgan fingerprint density at radius 1 is 1.25 bits per heavy atom. The summed E-state index contributed by atoms with van der Waals surface area (Å²) in [7, 11) is 0. The lowest BCUT2D eigenvalue weighted by Crippen LogP contribution is -2.33. The number of benzene rings is 1. The topological polar surface area (TPSA) is 121 Å². The summed E-state index contributed by atoms with van der Waals surface area (Å²) in [5, 5.41) is 17.2. The molecule has 9 nitrogen and oxygen atoms in total. The van der Waals surface area contributed by atoms with E-state index in [1.54, 1.807) is 12.3 Å². The Bertz CT molecular complexity index is 1120. The SMILES string of the molecule is CCOC(=O)/C(=C1/SC(=S)N(CC(=O)O)C1=O)c1csc(NC(=S)Nc2ccccc2)n1. The maximum atomic E-state index is 12.8. The van der Waals surface area contributed by atoms with Crippen molar-refractivity contribution in [2.45, 2.75) is 6.92 Å². The smallest absolute Gasteiger partial charge is 0.341 e. The summed E-state index contributed by atoms with van der Waals surface area (Å²) in [6, 6.07) is 9.29. The number of nitrogens with zero attached hydrogens (tertiary/aromatic N) is 2. The third-order valence-electron chi connectivity index (χ3n) is 3.86. The summed E-state index contributed by atoms with van der Waals surface area (Å²) in [4.78, 5) is 41.8. The molecule has 0 saturated carbocycles. The molecular weight excluding hydrogens is 493 g/mol. The number of hydrogen-bond donors (Lipinski definition) is 3. The lowest BCUT2D eigenvalue weighted by molar-refractivity contribution is -0.140. The number of thioether (sulfide) groups is 1. The molecule has 3 rings (SSSR count). The Balaban J connectivity index is 1.87. The molecule has 0 unspecified atom stereocenters. The van der Waals surface area contributed by atoms with Crippen LogP contribution in [-0.4, -0.2) is 55.4 Å². The molecule has 0 aliphatic carbocycles. The monoisotopic (exact) mass is 508 g/mol. The van der Waals surface area contributed by atoms with Crippen molar-refractivity contribution >= 4 is 91.2 Å². The highest BCUT2D eigenvalue weighted by molar-refractivity contribution is 8.26. The van der Waals surface area contributed by atoms with E-state index in [1.807, 2.05) is 30.3 Å². The van der Waals surface area contributed by atoms with Crippen LogP contribution in [0, 0.1) is 0 Å². The van der Waals surface area contributed by atoms with Gasteiger partial charge in [-0.15, -0.1) is 11.3 Å². The van der Waals surface area contributed by atoms with Crippen LogP contribution in [0.15, 0.2) is 40.6 Å². The number of hydrogen-bond acceptors (Lipinski definition) is 9. The quantitative estimate of drug-likeness (QED) is 0.290. The lowest BCUT2D eigenvalue weighted by Gasteiger charge is -2.11. The Kier molecular flexibility index (Phi) is 7.90. The first-order valence-corrected chi connectivity index (χ1v) is 11.6. The molecule has 0 spiro atoms. The van der Waals surface area contributed by atoms with Gasteiger partial charge >= 0.3 is 11.9 Å². The summed E-state index contributed by atoms with van der Waals surface area (Å²) in [6.07, 6.45) is 0. The molecule has 166 valence electrons. The van der Waals surface area contributed by atoms with Crippen LogP contribution in [0.3, 0.4) is 0 Å². The van der Waals surface area contributed by atoms with E-state index in [1.165, 1.54) is 11.3 Å². The van der Waals surface area contributed by atoms with Gasteiger partial charge in [0.25, 0.3) is 5.91 Å². The zero-order chi connectivity index (χ0) is 23.3. The van der Waals surface area contributed by atoms with Crippen LogP contribution in [0.4, 0.5) is 10.8 Å². The van der Waals surface area contributed by atoms with Crippen molar-refractivity contribution in [2.24, 2.45) is 0 Å². The standard InChI is InChI=1S/C19H16N4O5S4/c1-2-28-16(27)13(14-15(26)23(8-12(24)25)19(30)32-14)11-9-31-18(21-11)22-17(29)20-10-6-4-3-5-7-10/h3-7,9H,2,8H2,1H3,(H,24,25)(H2,20,21,22,29)/b14-13+. The van der Waals surface area contributed by atoms with Crippen molar-refractivity contribution in [1.82, 2.24) is 9.88 Å². The van der Waals surface area contributed by atoms with Gasteiger partial charge in [0.2, 0.25) is 0 Å². The number of nitrogens with one attached hydrogen (secondary N) is 2. The van der Waals surface area contributed by atoms with Gasteiger partial charge < -0.3 is 20.5 Å². The number of carbonyl (C=O) groups is 3. The number of para-hydroxylation sites is 1. The number of thiazole rings is 1. The van der Waals surface area contributed by atoms with Gasteiger partial charge in [-0.2, -0.15) is 0 Å². The van der Waals surface area contributed by atoms with Crippen LogP contribution >= 0.6 is 47.5 Å². The van der Waals surface area contributed by atoms with Crippen LogP contribution in [0.25, 0.3) is 5.57 Å². The first-order chi connectivity index (χ1) is 15.3. The lowest BCUT2D eigenvalue weighted by atomic mass is 10.2. The second kappa shape index (κ2) is 10.6. The number of esters is 1. The molecule has 1 aliphatic rings. The highest BCUT2D eigenvalue weighted by Crippen LogP contribution is 2.38. The van der Waals surface area contributed by atoms with E-state index in [9.17, 15) is 14.4 Å². The molecule has 1 aliphatic heterocycles. The number of amides is 1. The van der Waals surface area contributed by atoms with Gasteiger partial charge in [-0.25, -0.2) is 9.78 Å². The van der Waals surface area contributed by atoms with Gasteiger partial charge in [0.05, 0.1) is 17.2 Å². The third kappa shape index (κ3) is 5.68. The molecule has 3 N–H and O–H groups in total. The molecule has 0 radical (unpaired) electrons. The predicted octanol–water partition coefficient (Wildman–Crippen LogP) is 3.17. The number of aromatic nitrogens is 1. The zero-order valence-corrected chi connectivity index (χ0v) is 19.8. The third-order valence-corrected chi connectivity index (χ3v) is 6.27. The zero-order valence-electron chi connectivity index (χ0n) is 16.5. The van der Waals surface area contributed by atoms with Crippen LogP contribution < -0.4 is 10.6 Å². The van der Waals surface area contributed by atoms with Crippen LogP contribution in [0.2, 0.25) is 0 Å². The van der Waals surface area contributed by atoms with Crippen molar-refractivity contribution in [2.75, 3.05) is 23.8 Å². The fourth-order valence-electron chi connectivity index (χ4n) is 2.56. The van der Waals surface area contributed by atoms with Crippen molar-refractivity contribution in [3.05, 3.63) is 46.3 Å². The Morgan fingerprint density at radius 2 is 1.97 bits per heavy atom. The molecule has 1 aromatic heterocycles. The highest BCUT2D eigenvalue weighted by Gasteiger charge is 2.38. The molecule has 1 aromatic carbocycles. The van der Waals surface area contributed by atoms with Crippen molar-refractivity contribution in [3.63, 3.8) is 0 Å². The van der Waals surface area contributed by atoms with Gasteiger partial charge in [-0.3, -0.25) is 14.5 Å². The molecule has 1 fully saturated rings. The number of aliphatic carboxylic acids is 1. The predicted molar refractivity (Wildman–Crippen MR) is 131 cm³/mol. The van der Waals surface area contributed by atoms with Crippen LogP contribution in [0.1, 0.15) is 12.6 Å². The van der Waals surface area contributed by atoms with E-state index in [-0.39, 0.29) is 27.1 Å². The summed E-state index contributed by atoms with van der Waals surface area (Å²) >= 11 is 12.4. The first kappa shape index (κ1) is 23.8. The maximum absolute atomic E-state index is 12.8. The Hall–Kier alpha value is -2.87. The molecule has 0 atom stereocenters. The molecule has 1 saturated heterocycles. The highest BCUT2D eigenvalue weighted by atomic mass is 32.2. The first-order valence-electron chi connectivity index (χ1n) is 9.06. The van der Waals surface area contributed by atoms with E-state index in [2.05, 4.69) is 15.6 Å². The van der Waals surface area contributed by atoms with Crippen molar-refractivity contribution < 1.29 is 24.2 Å². The molecule has 0 bridgehead atoms. The fourth-order valence-corrected chi connectivity index (χ4v) is 4.87. The number of carbonyl (C=O) groups excluding carboxylic acids is 2. The van der Waals surface area contributed by atoms with Gasteiger partial charge in [0.1, 0.15) is 16.4 Å². The van der Waals surface area contributed by atoms with E-state index in [0.29, 0.717) is 10.2 Å². The molecule has 32 heavy (non-hydrogen) atoms. The number of anilines is 2. The average Bonchev–Trinajstić information content (AvgIpc) is 3.29. The van der Waals surface area contributed by atoms with Gasteiger partial charge in [-0.05, 0) is 31.3 Å². The summed E-state index contributed by atoms with van der Waals surface area (Å²) in [5.74, 6) is -2.67.